The topological polar surface area (TPSA) is 79.2 Å². The van der Waals surface area contributed by atoms with Crippen molar-refractivity contribution in [2.75, 3.05) is 18.1 Å². The number of halogens is 1. The van der Waals surface area contributed by atoms with E-state index in [2.05, 4.69) is 0 Å². The zero-order valence-electron chi connectivity index (χ0n) is 17.3. The Balaban J connectivity index is 2.16. The summed E-state index contributed by atoms with van der Waals surface area (Å²) >= 11 is 6.28. The maximum atomic E-state index is 13.5. The van der Waals surface area contributed by atoms with Crippen molar-refractivity contribution in [1.29, 1.82) is 0 Å². The number of benzodiazepines with no additional fused rings is 1. The molecule has 0 spiro atoms. The average Bonchev–Trinajstić information content (AvgIpc) is 2.81. The molecular formula is C23H25ClN2O4. The summed E-state index contributed by atoms with van der Waals surface area (Å²) in [4.78, 5) is 31.6. The zero-order chi connectivity index (χ0) is 21.9. The molecule has 2 aromatic rings. The Hall–Kier alpha value is -2.70. The van der Waals surface area contributed by atoms with Crippen molar-refractivity contribution < 1.29 is 19.4 Å². The van der Waals surface area contributed by atoms with E-state index in [4.69, 9.17) is 21.3 Å². The van der Waals surface area contributed by atoms with Crippen LogP contribution in [-0.2, 0) is 14.3 Å². The molecule has 1 heterocycles. The number of nitrogens with zero attached hydrogens (tertiary/aromatic N) is 2. The van der Waals surface area contributed by atoms with E-state index in [0.717, 1.165) is 5.56 Å². The number of amides is 1. The highest BCUT2D eigenvalue weighted by Gasteiger charge is 2.40. The predicted octanol–water partition coefficient (Wildman–Crippen LogP) is 3.62. The van der Waals surface area contributed by atoms with E-state index >= 15 is 0 Å². The third-order valence-electron chi connectivity index (χ3n) is 4.82. The van der Waals surface area contributed by atoms with Crippen LogP contribution in [-0.4, -0.2) is 47.5 Å². The molecule has 0 radical (unpaired) electrons. The number of ether oxygens (including phenoxy) is 1. The molecule has 1 aliphatic rings. The predicted molar refractivity (Wildman–Crippen MR) is 117 cm³/mol. The number of esters is 1. The fourth-order valence-corrected chi connectivity index (χ4v) is 3.58. The maximum absolute atomic E-state index is 13.5. The monoisotopic (exact) mass is 428 g/mol. The first-order valence-corrected chi connectivity index (χ1v) is 10.2. The van der Waals surface area contributed by atoms with Crippen LogP contribution in [0.25, 0.3) is 0 Å². The largest absolute Gasteiger partial charge is 0.466 e. The van der Waals surface area contributed by atoms with Gasteiger partial charge in [-0.15, -0.1) is 0 Å². The van der Waals surface area contributed by atoms with Crippen LogP contribution in [0.5, 0.6) is 0 Å². The third kappa shape index (κ3) is 4.71. The molecule has 1 atom stereocenters. The molecule has 1 unspecified atom stereocenters. The normalized spacial score (nSPS) is 16.6. The van der Waals surface area contributed by atoms with Crippen molar-refractivity contribution in [1.82, 2.24) is 0 Å². The summed E-state index contributed by atoms with van der Waals surface area (Å²) in [7, 11) is 0. The van der Waals surface area contributed by atoms with Gasteiger partial charge in [-0.05, 0) is 39.0 Å². The lowest BCUT2D eigenvalue weighted by molar-refractivity contribution is -0.142. The van der Waals surface area contributed by atoms with Crippen LogP contribution in [0.3, 0.4) is 0 Å². The molecule has 7 heteroatoms. The molecular weight excluding hydrogens is 404 g/mol. The third-order valence-corrected chi connectivity index (χ3v) is 5.06. The van der Waals surface area contributed by atoms with Gasteiger partial charge in [0.05, 0.1) is 30.0 Å². The summed E-state index contributed by atoms with van der Waals surface area (Å²) in [6, 6.07) is 13.6. The second kappa shape index (κ2) is 8.98. The van der Waals surface area contributed by atoms with Crippen molar-refractivity contribution in [2.24, 2.45) is 4.99 Å². The van der Waals surface area contributed by atoms with Crippen molar-refractivity contribution in [3.05, 3.63) is 64.7 Å². The van der Waals surface area contributed by atoms with E-state index < -0.39 is 17.6 Å². The summed E-state index contributed by atoms with van der Waals surface area (Å²) in [5, 5.41) is 11.2. The number of carbonyl (C=O) groups excluding carboxylic acids is 2. The lowest BCUT2D eigenvalue weighted by Gasteiger charge is -2.30. The van der Waals surface area contributed by atoms with Crippen LogP contribution in [0.1, 0.15) is 38.3 Å². The molecule has 1 amide bonds. The molecule has 0 fully saturated rings. The first kappa shape index (κ1) is 22.0. The summed E-state index contributed by atoms with van der Waals surface area (Å²) in [5.41, 5.74) is 1.20. The van der Waals surface area contributed by atoms with Crippen LogP contribution in [0.4, 0.5) is 5.69 Å². The SMILES string of the molecule is CCOC(=O)CCN1C(=O)C(C(C)(C)O)N=C(c2ccccc2)c2cc(Cl)ccc21. The minimum Gasteiger partial charge on any atom is -0.466 e. The van der Waals surface area contributed by atoms with Crippen molar-refractivity contribution in [3.8, 4) is 0 Å². The highest BCUT2D eigenvalue weighted by molar-refractivity contribution is 6.32. The summed E-state index contributed by atoms with van der Waals surface area (Å²) in [6.07, 6.45) is 0.0287. The standard InChI is InChI=1S/C23H25ClN2O4/c1-4-30-19(27)12-13-26-18-11-10-16(24)14-17(18)20(15-8-6-5-7-9-15)25-21(22(26)28)23(2,3)29/h5-11,14,21,29H,4,12-13H2,1-3H3. The Kier molecular flexibility index (Phi) is 6.58. The number of anilines is 1. The number of benzene rings is 2. The Morgan fingerprint density at radius 3 is 2.57 bits per heavy atom. The molecule has 158 valence electrons. The number of hydrogen-bond donors (Lipinski definition) is 1. The van der Waals surface area contributed by atoms with Gasteiger partial charge in [-0.25, -0.2) is 0 Å². The first-order valence-electron chi connectivity index (χ1n) is 9.85. The first-order chi connectivity index (χ1) is 14.2. The van der Waals surface area contributed by atoms with Gasteiger partial charge in [0, 0.05) is 22.7 Å². The fourth-order valence-electron chi connectivity index (χ4n) is 3.41. The van der Waals surface area contributed by atoms with Gasteiger partial charge in [-0.1, -0.05) is 41.9 Å². The molecule has 0 bridgehead atoms. The second-order valence-electron chi connectivity index (χ2n) is 7.61. The van der Waals surface area contributed by atoms with Crippen molar-refractivity contribution in [2.45, 2.75) is 38.8 Å². The molecule has 0 saturated heterocycles. The van der Waals surface area contributed by atoms with Crippen LogP contribution in [0.2, 0.25) is 5.02 Å². The van der Waals surface area contributed by atoms with E-state index in [1.54, 1.807) is 39.0 Å². The van der Waals surface area contributed by atoms with Gasteiger partial charge in [-0.2, -0.15) is 0 Å². The smallest absolute Gasteiger partial charge is 0.307 e. The van der Waals surface area contributed by atoms with Crippen LogP contribution in [0, 0.1) is 0 Å². The molecule has 0 aliphatic carbocycles. The number of hydrogen-bond acceptors (Lipinski definition) is 5. The minimum atomic E-state index is -1.41. The van der Waals surface area contributed by atoms with Crippen LogP contribution >= 0.6 is 11.6 Å². The zero-order valence-corrected chi connectivity index (χ0v) is 18.0. The number of carbonyl (C=O) groups is 2. The Morgan fingerprint density at radius 1 is 1.23 bits per heavy atom. The lowest BCUT2D eigenvalue weighted by Crippen LogP contribution is -2.49. The lowest BCUT2D eigenvalue weighted by atomic mass is 9.97. The summed E-state index contributed by atoms with van der Waals surface area (Å²) in [6.45, 7) is 5.21. The van der Waals surface area contributed by atoms with E-state index in [1.807, 2.05) is 30.3 Å². The average molecular weight is 429 g/mol. The van der Waals surface area contributed by atoms with Crippen molar-refractivity contribution >= 4 is 34.9 Å². The second-order valence-corrected chi connectivity index (χ2v) is 8.04. The van der Waals surface area contributed by atoms with Gasteiger partial charge in [0.2, 0.25) is 0 Å². The van der Waals surface area contributed by atoms with Gasteiger partial charge in [0.25, 0.3) is 5.91 Å². The molecule has 0 saturated carbocycles. The van der Waals surface area contributed by atoms with E-state index in [9.17, 15) is 14.7 Å². The highest BCUT2D eigenvalue weighted by atomic mass is 35.5. The highest BCUT2D eigenvalue weighted by Crippen LogP contribution is 2.33. The van der Waals surface area contributed by atoms with Gasteiger partial charge in [0.1, 0.15) is 0 Å². The minimum absolute atomic E-state index is 0.0287. The van der Waals surface area contributed by atoms with Gasteiger partial charge in [-0.3, -0.25) is 14.6 Å². The Bertz CT molecular complexity index is 967. The molecule has 3 rings (SSSR count). The fraction of sp³-hybridized carbons (Fsp3) is 0.348. The number of rotatable bonds is 6. The number of aliphatic imine (C=N–C) groups is 1. The van der Waals surface area contributed by atoms with Crippen molar-refractivity contribution in [3.63, 3.8) is 0 Å². The van der Waals surface area contributed by atoms with E-state index in [1.165, 1.54) is 4.90 Å². The molecule has 0 aromatic heterocycles. The molecule has 1 N–H and O–H groups in total. The summed E-state index contributed by atoms with van der Waals surface area (Å²) in [5.74, 6) is -0.782. The van der Waals surface area contributed by atoms with Gasteiger partial charge in [0.15, 0.2) is 6.04 Å². The quantitative estimate of drug-likeness (QED) is 0.713. The molecule has 1 aliphatic heterocycles. The van der Waals surface area contributed by atoms with Crippen LogP contribution < -0.4 is 4.90 Å². The van der Waals surface area contributed by atoms with Gasteiger partial charge < -0.3 is 14.7 Å². The van der Waals surface area contributed by atoms with E-state index in [-0.39, 0.29) is 25.5 Å². The molecule has 6 nitrogen and oxygen atoms in total. The summed E-state index contributed by atoms with van der Waals surface area (Å²) < 4.78 is 5.02. The number of fused-ring (bicyclic) bond motifs is 1. The maximum Gasteiger partial charge on any atom is 0.307 e. The Labute approximate surface area is 181 Å². The van der Waals surface area contributed by atoms with Crippen LogP contribution in [0.15, 0.2) is 53.5 Å². The van der Waals surface area contributed by atoms with E-state index in [0.29, 0.717) is 22.0 Å². The Morgan fingerprint density at radius 2 is 1.93 bits per heavy atom. The number of aliphatic hydroxyl groups is 1. The van der Waals surface area contributed by atoms with Gasteiger partial charge >= 0.3 is 5.97 Å². The molecule has 2 aromatic carbocycles. The molecule has 30 heavy (non-hydrogen) atoms.